The van der Waals surface area contributed by atoms with E-state index in [-0.39, 0.29) is 5.91 Å². The fourth-order valence-electron chi connectivity index (χ4n) is 1.94. The highest BCUT2D eigenvalue weighted by molar-refractivity contribution is 6.04. The second-order valence-corrected chi connectivity index (χ2v) is 4.71. The van der Waals surface area contributed by atoms with Crippen LogP contribution < -0.4 is 5.32 Å². The van der Waals surface area contributed by atoms with Crippen LogP contribution in [0.2, 0.25) is 0 Å². The molecule has 2 aromatic carbocycles. The Hall–Kier alpha value is -2.69. The zero-order chi connectivity index (χ0) is 16.1. The summed E-state index contributed by atoms with van der Waals surface area (Å²) in [6.45, 7) is 3.83. The number of anilines is 1. The summed E-state index contributed by atoms with van der Waals surface area (Å²) in [5.74, 6) is -1.14. The number of benzene rings is 2. The highest BCUT2D eigenvalue weighted by Crippen LogP contribution is 2.18. The van der Waals surface area contributed by atoms with Gasteiger partial charge < -0.3 is 10.1 Å². The Balaban J connectivity index is 2.14. The van der Waals surface area contributed by atoms with Crippen LogP contribution in [0.1, 0.15) is 33.2 Å². The van der Waals surface area contributed by atoms with Crippen LogP contribution in [0.25, 0.3) is 0 Å². The van der Waals surface area contributed by atoms with Crippen molar-refractivity contribution in [3.05, 3.63) is 65.0 Å². The van der Waals surface area contributed by atoms with Gasteiger partial charge in [-0.1, -0.05) is 0 Å². The molecule has 0 heterocycles. The maximum Gasteiger partial charge on any atom is 0.338 e. The minimum atomic E-state index is -0.401. The van der Waals surface area contributed by atoms with Gasteiger partial charge in [-0.05, 0) is 61.9 Å². The first-order valence-electron chi connectivity index (χ1n) is 6.86. The third kappa shape index (κ3) is 3.69. The molecule has 22 heavy (non-hydrogen) atoms. The summed E-state index contributed by atoms with van der Waals surface area (Å²) in [4.78, 5) is 23.7. The number of nitrogens with one attached hydrogen (secondary N) is 1. The number of rotatable bonds is 4. The summed E-state index contributed by atoms with van der Waals surface area (Å²) in [6, 6.07) is 10.2. The third-order valence-electron chi connectivity index (χ3n) is 3.09. The monoisotopic (exact) mass is 301 g/mol. The summed E-state index contributed by atoms with van der Waals surface area (Å²) in [5.41, 5.74) is 2.11. The fourth-order valence-corrected chi connectivity index (χ4v) is 1.94. The molecule has 0 saturated carbocycles. The molecule has 0 aliphatic heterocycles. The van der Waals surface area contributed by atoms with E-state index in [1.165, 1.54) is 24.3 Å². The van der Waals surface area contributed by atoms with Crippen LogP contribution in [0.3, 0.4) is 0 Å². The van der Waals surface area contributed by atoms with E-state index in [1.807, 2.05) is 0 Å². The molecule has 0 aromatic heterocycles. The molecule has 0 aliphatic rings. The topological polar surface area (TPSA) is 55.4 Å². The average Bonchev–Trinajstić information content (AvgIpc) is 2.50. The van der Waals surface area contributed by atoms with Gasteiger partial charge in [0.15, 0.2) is 0 Å². The number of esters is 1. The first kappa shape index (κ1) is 15.7. The molecule has 2 aromatic rings. The van der Waals surface area contributed by atoms with Crippen LogP contribution in [0.15, 0.2) is 42.5 Å². The molecule has 0 fully saturated rings. The van der Waals surface area contributed by atoms with Crippen LogP contribution in [-0.4, -0.2) is 18.5 Å². The van der Waals surface area contributed by atoms with E-state index in [4.69, 9.17) is 4.74 Å². The van der Waals surface area contributed by atoms with Crippen LogP contribution in [0, 0.1) is 12.7 Å². The lowest BCUT2D eigenvalue weighted by Crippen LogP contribution is -2.13. The van der Waals surface area contributed by atoms with Crippen molar-refractivity contribution >= 4 is 17.6 Å². The number of halogens is 1. The van der Waals surface area contributed by atoms with Crippen molar-refractivity contribution in [3.63, 3.8) is 0 Å². The molecule has 0 bridgehead atoms. The van der Waals surface area contributed by atoms with Gasteiger partial charge in [-0.3, -0.25) is 4.79 Å². The van der Waals surface area contributed by atoms with Gasteiger partial charge in [-0.25, -0.2) is 9.18 Å². The Morgan fingerprint density at radius 1 is 1.09 bits per heavy atom. The second kappa shape index (κ2) is 6.85. The van der Waals surface area contributed by atoms with E-state index < -0.39 is 11.8 Å². The van der Waals surface area contributed by atoms with Crippen molar-refractivity contribution in [3.8, 4) is 0 Å². The Morgan fingerprint density at radius 2 is 1.73 bits per heavy atom. The number of ether oxygens (including phenoxy) is 1. The van der Waals surface area contributed by atoms with Crippen LogP contribution in [0.4, 0.5) is 10.1 Å². The highest BCUT2D eigenvalue weighted by Gasteiger charge is 2.11. The lowest BCUT2D eigenvalue weighted by Gasteiger charge is -2.10. The number of carbonyl (C=O) groups is 2. The molecule has 1 N–H and O–H groups in total. The summed E-state index contributed by atoms with van der Waals surface area (Å²) in [7, 11) is 0. The SMILES string of the molecule is CCOC(=O)c1ccc(NC(=O)c2ccc(F)cc2)c(C)c1. The van der Waals surface area contributed by atoms with Gasteiger partial charge >= 0.3 is 5.97 Å². The first-order chi connectivity index (χ1) is 10.5. The molecule has 5 heteroatoms. The van der Waals surface area contributed by atoms with E-state index >= 15 is 0 Å². The molecule has 0 spiro atoms. The smallest absolute Gasteiger partial charge is 0.338 e. The maximum absolute atomic E-state index is 12.8. The van der Waals surface area contributed by atoms with Crippen LogP contribution in [0.5, 0.6) is 0 Å². The number of hydrogen-bond acceptors (Lipinski definition) is 3. The molecule has 1 amide bonds. The summed E-state index contributed by atoms with van der Waals surface area (Å²) in [5, 5.41) is 2.73. The molecule has 0 atom stereocenters. The standard InChI is InChI=1S/C17H16FNO3/c1-3-22-17(21)13-6-9-15(11(2)10-13)19-16(20)12-4-7-14(18)8-5-12/h4-10H,3H2,1-2H3,(H,19,20). The zero-order valence-corrected chi connectivity index (χ0v) is 12.4. The van der Waals surface area contributed by atoms with Crippen LogP contribution in [-0.2, 0) is 4.74 Å². The summed E-state index contributed by atoms with van der Waals surface area (Å²) < 4.78 is 17.8. The van der Waals surface area contributed by atoms with Crippen molar-refractivity contribution < 1.29 is 18.7 Å². The lowest BCUT2D eigenvalue weighted by atomic mass is 10.1. The largest absolute Gasteiger partial charge is 0.462 e. The van der Waals surface area contributed by atoms with Gasteiger partial charge in [-0.2, -0.15) is 0 Å². The molecule has 114 valence electrons. The van der Waals surface area contributed by atoms with Gasteiger partial charge in [-0.15, -0.1) is 0 Å². The molecular formula is C17H16FNO3. The second-order valence-electron chi connectivity index (χ2n) is 4.71. The minimum Gasteiger partial charge on any atom is -0.462 e. The Kier molecular flexibility index (Phi) is 4.88. The molecule has 0 unspecified atom stereocenters. The Labute approximate surface area is 127 Å². The Morgan fingerprint density at radius 3 is 2.32 bits per heavy atom. The predicted molar refractivity (Wildman–Crippen MR) is 81.5 cm³/mol. The van der Waals surface area contributed by atoms with Gasteiger partial charge in [0.05, 0.1) is 12.2 Å². The number of amides is 1. The zero-order valence-electron chi connectivity index (χ0n) is 12.4. The number of aryl methyl sites for hydroxylation is 1. The first-order valence-corrected chi connectivity index (χ1v) is 6.86. The number of carbonyl (C=O) groups excluding carboxylic acids is 2. The molecule has 0 saturated heterocycles. The summed E-state index contributed by atoms with van der Waals surface area (Å²) in [6.07, 6.45) is 0. The lowest BCUT2D eigenvalue weighted by molar-refractivity contribution is 0.0526. The predicted octanol–water partition coefficient (Wildman–Crippen LogP) is 3.56. The normalized spacial score (nSPS) is 10.1. The average molecular weight is 301 g/mol. The van der Waals surface area contributed by atoms with Crippen molar-refractivity contribution in [1.82, 2.24) is 0 Å². The van der Waals surface area contributed by atoms with Gasteiger partial charge in [0.25, 0.3) is 5.91 Å². The van der Waals surface area contributed by atoms with Crippen LogP contribution >= 0.6 is 0 Å². The minimum absolute atomic E-state index is 0.306. The van der Waals surface area contributed by atoms with Crippen molar-refractivity contribution in [2.24, 2.45) is 0 Å². The van der Waals surface area contributed by atoms with E-state index in [1.54, 1.807) is 32.0 Å². The highest BCUT2D eigenvalue weighted by atomic mass is 19.1. The van der Waals surface area contributed by atoms with Crippen molar-refractivity contribution in [2.75, 3.05) is 11.9 Å². The van der Waals surface area contributed by atoms with Gasteiger partial charge in [0.1, 0.15) is 5.82 Å². The van der Waals surface area contributed by atoms with Gasteiger partial charge in [0.2, 0.25) is 0 Å². The molecule has 0 aliphatic carbocycles. The van der Waals surface area contributed by atoms with Crippen molar-refractivity contribution in [1.29, 1.82) is 0 Å². The van der Waals surface area contributed by atoms with E-state index in [0.717, 1.165) is 5.56 Å². The fraction of sp³-hybridized carbons (Fsp3) is 0.176. The Bertz CT molecular complexity index is 696. The molecule has 4 nitrogen and oxygen atoms in total. The molecular weight excluding hydrogens is 285 g/mol. The third-order valence-corrected chi connectivity index (χ3v) is 3.09. The van der Waals surface area contributed by atoms with Gasteiger partial charge in [0, 0.05) is 11.3 Å². The van der Waals surface area contributed by atoms with Crippen molar-refractivity contribution in [2.45, 2.75) is 13.8 Å². The molecule has 2 rings (SSSR count). The van der Waals surface area contributed by atoms with E-state index in [0.29, 0.717) is 23.4 Å². The summed E-state index contributed by atoms with van der Waals surface area (Å²) >= 11 is 0. The van der Waals surface area contributed by atoms with E-state index in [2.05, 4.69) is 5.32 Å². The number of hydrogen-bond donors (Lipinski definition) is 1. The van der Waals surface area contributed by atoms with E-state index in [9.17, 15) is 14.0 Å². The quantitative estimate of drug-likeness (QED) is 0.878. The molecule has 0 radical (unpaired) electrons. The maximum atomic E-state index is 12.8.